The van der Waals surface area contributed by atoms with E-state index in [0.717, 1.165) is 22.4 Å². The van der Waals surface area contributed by atoms with Gasteiger partial charge in [-0.1, -0.05) is 30.9 Å². The molecule has 2 heteroatoms. The van der Waals surface area contributed by atoms with Crippen molar-refractivity contribution in [1.29, 1.82) is 0 Å². The largest absolute Gasteiger partial charge is 0.286 e. The number of fused-ring (bicyclic) bond motifs is 1. The normalized spacial score (nSPS) is 22.8. The number of allylic oxidation sites excluding steroid dienone is 4. The van der Waals surface area contributed by atoms with Gasteiger partial charge in [0.05, 0.1) is 12.2 Å². The van der Waals surface area contributed by atoms with Crippen LogP contribution in [0.1, 0.15) is 18.2 Å². The van der Waals surface area contributed by atoms with Crippen molar-refractivity contribution in [2.75, 3.05) is 0 Å². The van der Waals surface area contributed by atoms with E-state index in [0.29, 0.717) is 6.54 Å². The Balaban J connectivity index is 2.43. The summed E-state index contributed by atoms with van der Waals surface area (Å²) in [4.78, 5) is 8.69. The van der Waals surface area contributed by atoms with E-state index in [1.54, 1.807) is 6.20 Å². The van der Waals surface area contributed by atoms with E-state index in [1.807, 2.05) is 43.5 Å². The van der Waals surface area contributed by atoms with Gasteiger partial charge >= 0.3 is 0 Å². The van der Waals surface area contributed by atoms with Crippen molar-refractivity contribution in [3.8, 4) is 0 Å². The van der Waals surface area contributed by atoms with Crippen molar-refractivity contribution in [3.05, 3.63) is 59.5 Å². The zero-order valence-electron chi connectivity index (χ0n) is 9.35. The third-order valence-corrected chi connectivity index (χ3v) is 2.35. The fourth-order valence-electron chi connectivity index (χ4n) is 1.59. The summed E-state index contributed by atoms with van der Waals surface area (Å²) in [7, 11) is 0. The van der Waals surface area contributed by atoms with Gasteiger partial charge in [0.15, 0.2) is 0 Å². The second kappa shape index (κ2) is 4.71. The van der Waals surface area contributed by atoms with Gasteiger partial charge in [0.1, 0.15) is 0 Å². The molecule has 0 amide bonds. The minimum absolute atomic E-state index is 0.623. The first-order valence-corrected chi connectivity index (χ1v) is 5.25. The van der Waals surface area contributed by atoms with Crippen molar-refractivity contribution in [3.63, 3.8) is 0 Å². The highest BCUT2D eigenvalue weighted by atomic mass is 14.8. The summed E-state index contributed by atoms with van der Waals surface area (Å²) in [5, 5.41) is 0. The fraction of sp³-hybridized carbons (Fsp3) is 0.143. The summed E-state index contributed by atoms with van der Waals surface area (Å²) >= 11 is 0. The van der Waals surface area contributed by atoms with Crippen molar-refractivity contribution in [1.82, 2.24) is 4.98 Å². The standard InChI is InChI=1S/C14H14N2/c1-11-5-6-13-4-3-7-16-14(13)10-15-9-12(2)8-11/h3-9H,1,10H2,2H3/b6-5-,12-8-,15-9-. The number of pyridine rings is 1. The van der Waals surface area contributed by atoms with Crippen LogP contribution in [-0.4, -0.2) is 11.2 Å². The molecule has 1 aromatic rings. The molecule has 0 fully saturated rings. The van der Waals surface area contributed by atoms with Crippen LogP contribution in [0.5, 0.6) is 0 Å². The molecular formula is C14H14N2. The maximum Gasteiger partial charge on any atom is 0.0817 e. The van der Waals surface area contributed by atoms with Crippen LogP contribution in [0.3, 0.4) is 0 Å². The van der Waals surface area contributed by atoms with Crippen LogP contribution >= 0.6 is 0 Å². The zero-order valence-corrected chi connectivity index (χ0v) is 9.35. The van der Waals surface area contributed by atoms with Gasteiger partial charge in [-0.25, -0.2) is 0 Å². The van der Waals surface area contributed by atoms with Gasteiger partial charge in [0, 0.05) is 12.4 Å². The highest BCUT2D eigenvalue weighted by Crippen LogP contribution is 2.12. The molecule has 16 heavy (non-hydrogen) atoms. The number of nitrogens with zero attached hydrogens (tertiary/aromatic N) is 2. The van der Waals surface area contributed by atoms with Crippen molar-refractivity contribution < 1.29 is 0 Å². The van der Waals surface area contributed by atoms with Crippen molar-refractivity contribution in [2.24, 2.45) is 4.99 Å². The zero-order chi connectivity index (χ0) is 11.4. The van der Waals surface area contributed by atoms with Crippen molar-refractivity contribution >= 4 is 12.3 Å². The minimum Gasteiger partial charge on any atom is -0.286 e. The Morgan fingerprint density at radius 2 is 2.19 bits per heavy atom. The maximum atomic E-state index is 4.36. The van der Waals surface area contributed by atoms with Gasteiger partial charge < -0.3 is 0 Å². The van der Waals surface area contributed by atoms with E-state index < -0.39 is 0 Å². The lowest BCUT2D eigenvalue weighted by molar-refractivity contribution is 0.988. The quantitative estimate of drug-likeness (QED) is 0.645. The smallest absolute Gasteiger partial charge is 0.0817 e. The first kappa shape index (κ1) is 10.6. The summed E-state index contributed by atoms with van der Waals surface area (Å²) in [6, 6.07) is 3.97. The second-order valence-electron chi connectivity index (χ2n) is 3.81. The molecule has 0 saturated heterocycles. The molecule has 0 aliphatic carbocycles. The monoisotopic (exact) mass is 210 g/mol. The number of aliphatic imine (C=N–C) groups is 1. The third kappa shape index (κ3) is 2.54. The van der Waals surface area contributed by atoms with E-state index in [4.69, 9.17) is 0 Å². The van der Waals surface area contributed by atoms with Gasteiger partial charge in [-0.15, -0.1) is 0 Å². The third-order valence-electron chi connectivity index (χ3n) is 2.35. The molecule has 1 aliphatic rings. The Hall–Kier alpha value is -1.96. The van der Waals surface area contributed by atoms with E-state index in [-0.39, 0.29) is 0 Å². The lowest BCUT2D eigenvalue weighted by Crippen LogP contribution is -1.93. The molecule has 80 valence electrons. The number of aromatic nitrogens is 1. The lowest BCUT2D eigenvalue weighted by Gasteiger charge is -2.03. The highest BCUT2D eigenvalue weighted by Gasteiger charge is 1.99. The van der Waals surface area contributed by atoms with Crippen LogP contribution < -0.4 is 0 Å². The second-order valence-corrected chi connectivity index (χ2v) is 3.81. The van der Waals surface area contributed by atoms with Gasteiger partial charge in [-0.05, 0) is 29.7 Å². The van der Waals surface area contributed by atoms with Crippen LogP contribution in [0, 0.1) is 0 Å². The molecule has 0 radical (unpaired) electrons. The number of rotatable bonds is 0. The Labute approximate surface area is 95.8 Å². The first-order chi connectivity index (χ1) is 7.75. The van der Waals surface area contributed by atoms with E-state index in [1.165, 1.54) is 0 Å². The van der Waals surface area contributed by atoms with Gasteiger partial charge in [-0.2, -0.15) is 0 Å². The molecule has 0 spiro atoms. The molecule has 2 heterocycles. The predicted octanol–water partition coefficient (Wildman–Crippen LogP) is 3.18. The molecule has 0 aromatic carbocycles. The Morgan fingerprint density at radius 1 is 1.31 bits per heavy atom. The summed E-state index contributed by atoms with van der Waals surface area (Å²) in [5.74, 6) is 0. The molecule has 0 bridgehead atoms. The average Bonchev–Trinajstić information content (AvgIpc) is 2.27. The first-order valence-electron chi connectivity index (χ1n) is 5.25. The average molecular weight is 210 g/mol. The molecular weight excluding hydrogens is 196 g/mol. The van der Waals surface area contributed by atoms with Crippen molar-refractivity contribution in [2.45, 2.75) is 13.5 Å². The van der Waals surface area contributed by atoms with Gasteiger partial charge in [0.25, 0.3) is 0 Å². The molecule has 0 saturated carbocycles. The highest BCUT2D eigenvalue weighted by molar-refractivity contribution is 5.79. The summed E-state index contributed by atoms with van der Waals surface area (Å²) in [6.45, 7) is 6.61. The van der Waals surface area contributed by atoms with Gasteiger partial charge in [-0.3, -0.25) is 9.98 Å². The van der Waals surface area contributed by atoms with Crippen LogP contribution in [0.15, 0.2) is 53.2 Å². The van der Waals surface area contributed by atoms with Crippen LogP contribution in [-0.2, 0) is 6.54 Å². The Kier molecular flexibility index (Phi) is 3.10. The predicted molar refractivity (Wildman–Crippen MR) is 68.4 cm³/mol. The SMILES string of the molecule is C=C1/C=C\c2cccnc2C/N=C\C(C)=C/1. The van der Waals surface area contributed by atoms with E-state index in [9.17, 15) is 0 Å². The Bertz CT molecular complexity index is 493. The maximum absolute atomic E-state index is 4.36. The van der Waals surface area contributed by atoms with E-state index in [2.05, 4.69) is 16.6 Å². The summed E-state index contributed by atoms with van der Waals surface area (Å²) in [6.07, 6.45) is 9.72. The molecule has 0 atom stereocenters. The fourth-order valence-corrected chi connectivity index (χ4v) is 1.59. The molecule has 0 N–H and O–H groups in total. The van der Waals surface area contributed by atoms with Crippen LogP contribution in [0.2, 0.25) is 0 Å². The number of hydrogen-bond donors (Lipinski definition) is 0. The number of hydrogen-bond acceptors (Lipinski definition) is 2. The molecule has 1 aromatic heterocycles. The topological polar surface area (TPSA) is 25.2 Å². The summed E-state index contributed by atoms with van der Waals surface area (Å²) < 4.78 is 0. The molecule has 0 unspecified atom stereocenters. The lowest BCUT2D eigenvalue weighted by atomic mass is 10.1. The van der Waals surface area contributed by atoms with Gasteiger partial charge in [0.2, 0.25) is 0 Å². The summed E-state index contributed by atoms with van der Waals surface area (Å²) in [5.41, 5.74) is 4.18. The Morgan fingerprint density at radius 3 is 3.06 bits per heavy atom. The van der Waals surface area contributed by atoms with Crippen LogP contribution in [0.4, 0.5) is 0 Å². The molecule has 1 aliphatic heterocycles. The van der Waals surface area contributed by atoms with Crippen LogP contribution in [0.25, 0.3) is 6.08 Å². The minimum atomic E-state index is 0.623. The van der Waals surface area contributed by atoms with E-state index >= 15 is 0 Å². The molecule has 2 nitrogen and oxygen atoms in total. The molecule has 2 rings (SSSR count).